The van der Waals surface area contributed by atoms with E-state index < -0.39 is 5.97 Å². The summed E-state index contributed by atoms with van der Waals surface area (Å²) in [6.45, 7) is -0.277. The van der Waals surface area contributed by atoms with Gasteiger partial charge in [-0.05, 0) is 25.0 Å². The predicted molar refractivity (Wildman–Crippen MR) is 67.9 cm³/mol. The Morgan fingerprint density at radius 2 is 2.05 bits per heavy atom. The topological polar surface area (TPSA) is 70.8 Å². The number of para-hydroxylation sites is 1. The molecule has 1 heterocycles. The van der Waals surface area contributed by atoms with E-state index in [1.165, 1.54) is 4.90 Å². The van der Waals surface area contributed by atoms with E-state index in [-0.39, 0.29) is 24.3 Å². The molecule has 3 rings (SSSR count). The largest absolute Gasteiger partial charge is 0.480 e. The first-order valence-corrected chi connectivity index (χ1v) is 6.16. The van der Waals surface area contributed by atoms with Crippen LogP contribution in [0.25, 0.3) is 11.0 Å². The van der Waals surface area contributed by atoms with Gasteiger partial charge in [0.25, 0.3) is 5.91 Å². The molecule has 1 N–H and O–H groups in total. The van der Waals surface area contributed by atoms with Crippen LogP contribution in [0.2, 0.25) is 0 Å². The average molecular weight is 259 g/mol. The molecule has 1 fully saturated rings. The van der Waals surface area contributed by atoms with Gasteiger partial charge in [0.05, 0.1) is 0 Å². The van der Waals surface area contributed by atoms with Gasteiger partial charge in [0.2, 0.25) is 0 Å². The SMILES string of the molecule is O=C(O)CN(C(=O)c1cc2ccccc2o1)C1CC1. The summed E-state index contributed by atoms with van der Waals surface area (Å²) in [7, 11) is 0. The molecule has 0 aliphatic heterocycles. The molecule has 5 nitrogen and oxygen atoms in total. The summed E-state index contributed by atoms with van der Waals surface area (Å²) >= 11 is 0. The van der Waals surface area contributed by atoms with Gasteiger partial charge in [0.15, 0.2) is 5.76 Å². The summed E-state index contributed by atoms with van der Waals surface area (Å²) < 4.78 is 5.49. The van der Waals surface area contributed by atoms with Crippen molar-refractivity contribution in [1.29, 1.82) is 0 Å². The second-order valence-corrected chi connectivity index (χ2v) is 4.71. The minimum absolute atomic E-state index is 0.0387. The number of rotatable bonds is 4. The third-order valence-electron chi connectivity index (χ3n) is 3.19. The lowest BCUT2D eigenvalue weighted by atomic mass is 10.2. The highest BCUT2D eigenvalue weighted by Crippen LogP contribution is 2.29. The number of carboxylic acids is 1. The van der Waals surface area contributed by atoms with Crippen molar-refractivity contribution in [2.45, 2.75) is 18.9 Å². The van der Waals surface area contributed by atoms with Crippen molar-refractivity contribution in [3.05, 3.63) is 36.1 Å². The molecular weight excluding hydrogens is 246 g/mol. The van der Waals surface area contributed by atoms with E-state index in [1.54, 1.807) is 12.1 Å². The number of nitrogens with zero attached hydrogens (tertiary/aromatic N) is 1. The van der Waals surface area contributed by atoms with Crippen molar-refractivity contribution in [2.75, 3.05) is 6.54 Å². The molecule has 0 radical (unpaired) electrons. The quantitative estimate of drug-likeness (QED) is 0.913. The molecule has 0 spiro atoms. The van der Waals surface area contributed by atoms with Crippen molar-refractivity contribution < 1.29 is 19.1 Å². The van der Waals surface area contributed by atoms with E-state index >= 15 is 0 Å². The lowest BCUT2D eigenvalue weighted by Crippen LogP contribution is -2.37. The van der Waals surface area contributed by atoms with Gasteiger partial charge < -0.3 is 14.4 Å². The summed E-state index contributed by atoms with van der Waals surface area (Å²) in [4.78, 5) is 24.5. The molecule has 2 aromatic rings. The Bertz CT molecular complexity index is 609. The van der Waals surface area contributed by atoms with Crippen molar-refractivity contribution >= 4 is 22.8 Å². The van der Waals surface area contributed by atoms with Gasteiger partial charge in [-0.1, -0.05) is 18.2 Å². The van der Waals surface area contributed by atoms with E-state index in [4.69, 9.17) is 9.52 Å². The summed E-state index contributed by atoms with van der Waals surface area (Å²) in [5, 5.41) is 9.72. The fourth-order valence-electron chi connectivity index (χ4n) is 2.13. The molecule has 1 aliphatic carbocycles. The maximum Gasteiger partial charge on any atom is 0.323 e. The van der Waals surface area contributed by atoms with E-state index in [2.05, 4.69) is 0 Å². The molecule has 1 amide bonds. The number of amides is 1. The molecule has 1 aliphatic rings. The van der Waals surface area contributed by atoms with Crippen LogP contribution < -0.4 is 0 Å². The van der Waals surface area contributed by atoms with Gasteiger partial charge in [0.1, 0.15) is 12.1 Å². The molecule has 0 atom stereocenters. The Kier molecular flexibility index (Phi) is 2.74. The van der Waals surface area contributed by atoms with Crippen molar-refractivity contribution in [3.63, 3.8) is 0 Å². The van der Waals surface area contributed by atoms with E-state index in [1.807, 2.05) is 18.2 Å². The maximum atomic E-state index is 12.3. The van der Waals surface area contributed by atoms with Crippen LogP contribution in [0.3, 0.4) is 0 Å². The van der Waals surface area contributed by atoms with Gasteiger partial charge in [0, 0.05) is 11.4 Å². The number of carbonyl (C=O) groups excluding carboxylic acids is 1. The predicted octanol–water partition coefficient (Wildman–Crippen LogP) is 2.12. The summed E-state index contributed by atoms with van der Waals surface area (Å²) in [6.07, 6.45) is 1.72. The number of hydrogen-bond acceptors (Lipinski definition) is 3. The highest BCUT2D eigenvalue weighted by atomic mass is 16.4. The number of fused-ring (bicyclic) bond motifs is 1. The lowest BCUT2D eigenvalue weighted by molar-refractivity contribution is -0.137. The van der Waals surface area contributed by atoms with Gasteiger partial charge in [-0.2, -0.15) is 0 Å². The Labute approximate surface area is 109 Å². The van der Waals surface area contributed by atoms with E-state index in [0.717, 1.165) is 18.2 Å². The van der Waals surface area contributed by atoms with Crippen LogP contribution in [0, 0.1) is 0 Å². The second-order valence-electron chi connectivity index (χ2n) is 4.71. The number of hydrogen-bond donors (Lipinski definition) is 1. The number of carbonyl (C=O) groups is 2. The standard InChI is InChI=1S/C14H13NO4/c16-13(17)8-15(10-5-6-10)14(18)12-7-9-3-1-2-4-11(9)19-12/h1-4,7,10H,5-6,8H2,(H,16,17). The zero-order valence-corrected chi connectivity index (χ0v) is 10.2. The number of furan rings is 1. The van der Waals surface area contributed by atoms with Crippen LogP contribution in [0.4, 0.5) is 0 Å². The first kappa shape index (κ1) is 11.8. The van der Waals surface area contributed by atoms with Gasteiger partial charge in [-0.3, -0.25) is 9.59 Å². The number of benzene rings is 1. The van der Waals surface area contributed by atoms with Crippen LogP contribution in [-0.2, 0) is 4.79 Å². The molecule has 5 heteroatoms. The summed E-state index contributed by atoms with van der Waals surface area (Å²) in [6, 6.07) is 9.03. The third kappa shape index (κ3) is 2.31. The van der Waals surface area contributed by atoms with Crippen molar-refractivity contribution in [2.24, 2.45) is 0 Å². The highest BCUT2D eigenvalue weighted by molar-refractivity contribution is 5.97. The van der Waals surface area contributed by atoms with Crippen molar-refractivity contribution in [3.8, 4) is 0 Å². The molecule has 1 aromatic carbocycles. The first-order valence-electron chi connectivity index (χ1n) is 6.16. The zero-order chi connectivity index (χ0) is 13.4. The van der Waals surface area contributed by atoms with Gasteiger partial charge in [-0.15, -0.1) is 0 Å². The first-order chi connectivity index (χ1) is 9.15. The van der Waals surface area contributed by atoms with Crippen LogP contribution >= 0.6 is 0 Å². The minimum atomic E-state index is -1.00. The zero-order valence-electron chi connectivity index (χ0n) is 10.2. The normalized spacial score (nSPS) is 14.5. The van der Waals surface area contributed by atoms with Crippen LogP contribution in [0.1, 0.15) is 23.4 Å². The van der Waals surface area contributed by atoms with E-state index in [9.17, 15) is 9.59 Å². The van der Waals surface area contributed by atoms with Crippen LogP contribution in [-0.4, -0.2) is 34.5 Å². The third-order valence-corrected chi connectivity index (χ3v) is 3.19. The smallest absolute Gasteiger partial charge is 0.323 e. The second kappa shape index (κ2) is 4.42. The lowest BCUT2D eigenvalue weighted by Gasteiger charge is -2.18. The molecule has 0 bridgehead atoms. The van der Waals surface area contributed by atoms with E-state index in [0.29, 0.717) is 5.58 Å². The van der Waals surface area contributed by atoms with Gasteiger partial charge >= 0.3 is 5.97 Å². The molecular formula is C14H13NO4. The Morgan fingerprint density at radius 3 is 2.68 bits per heavy atom. The fraction of sp³-hybridized carbons (Fsp3) is 0.286. The monoisotopic (exact) mass is 259 g/mol. The summed E-state index contributed by atoms with van der Waals surface area (Å²) in [5.74, 6) is -1.15. The van der Waals surface area contributed by atoms with Gasteiger partial charge in [-0.25, -0.2) is 0 Å². The number of carboxylic acid groups (broad SMARTS) is 1. The van der Waals surface area contributed by atoms with Crippen LogP contribution in [0.5, 0.6) is 0 Å². The molecule has 19 heavy (non-hydrogen) atoms. The number of aliphatic carboxylic acids is 1. The molecule has 0 unspecified atom stereocenters. The molecule has 1 aromatic heterocycles. The Hall–Kier alpha value is -2.30. The fourth-order valence-corrected chi connectivity index (χ4v) is 2.13. The Balaban J connectivity index is 1.90. The summed E-state index contributed by atoms with van der Waals surface area (Å²) in [5.41, 5.74) is 0.636. The minimum Gasteiger partial charge on any atom is -0.480 e. The molecule has 0 saturated heterocycles. The maximum absolute atomic E-state index is 12.3. The van der Waals surface area contributed by atoms with Crippen LogP contribution in [0.15, 0.2) is 34.7 Å². The molecule has 98 valence electrons. The Morgan fingerprint density at radius 1 is 1.32 bits per heavy atom. The average Bonchev–Trinajstić information content (AvgIpc) is 3.13. The molecule has 1 saturated carbocycles. The highest BCUT2D eigenvalue weighted by Gasteiger charge is 2.35. The van der Waals surface area contributed by atoms with Crippen molar-refractivity contribution in [1.82, 2.24) is 4.90 Å².